The number of anilines is 2. The Morgan fingerprint density at radius 2 is 1.35 bits per heavy atom. The van der Waals surface area contributed by atoms with Gasteiger partial charge in [0.15, 0.2) is 0 Å². The number of amides is 1. The molecule has 1 aliphatic rings. The second kappa shape index (κ2) is 11.3. The van der Waals surface area contributed by atoms with Gasteiger partial charge in [-0.05, 0) is 86.7 Å². The van der Waals surface area contributed by atoms with Crippen LogP contribution in [0.3, 0.4) is 0 Å². The van der Waals surface area contributed by atoms with Crippen molar-refractivity contribution in [3.05, 3.63) is 78.4 Å². The van der Waals surface area contributed by atoms with Crippen LogP contribution in [0.4, 0.5) is 11.4 Å². The molecule has 1 aliphatic heterocycles. The van der Waals surface area contributed by atoms with E-state index in [1.165, 1.54) is 16.4 Å². The Morgan fingerprint density at radius 3 is 1.92 bits per heavy atom. The number of nitrogens with zero attached hydrogens (tertiary/aromatic N) is 1. The molecule has 3 aromatic carbocycles. The molecule has 2 N–H and O–H groups in total. The zero-order valence-electron chi connectivity index (χ0n) is 20.5. The molecule has 0 radical (unpaired) electrons. The minimum Gasteiger partial charge on any atom is -0.326 e. The van der Waals surface area contributed by atoms with Crippen LogP contribution in [0.1, 0.15) is 18.4 Å². The molecule has 0 atom stereocenters. The lowest BCUT2D eigenvalue weighted by molar-refractivity contribution is -0.120. The Labute approximate surface area is 222 Å². The van der Waals surface area contributed by atoms with Crippen LogP contribution in [0.15, 0.2) is 87.5 Å². The van der Waals surface area contributed by atoms with Gasteiger partial charge in [0.2, 0.25) is 15.9 Å². The molecule has 0 spiro atoms. The van der Waals surface area contributed by atoms with E-state index in [2.05, 4.69) is 10.0 Å². The standard InChI is InChI=1S/C26H29N3O5S3/c1-19-3-5-22(6-4-19)28-36(31,32)24-11-7-21(8-12-24)27-26(30)20-15-17-29(18-16-20)37(33,34)25-13-9-23(35-2)10-14-25/h3-14,20,28H,15-18H2,1-2H3,(H,27,30). The van der Waals surface area contributed by atoms with Crippen LogP contribution in [0.5, 0.6) is 0 Å². The van der Waals surface area contributed by atoms with Gasteiger partial charge in [0.25, 0.3) is 10.0 Å². The third-order valence-electron chi connectivity index (χ3n) is 6.26. The van der Waals surface area contributed by atoms with Gasteiger partial charge in [0, 0.05) is 35.3 Å². The first kappa shape index (κ1) is 27.2. The summed E-state index contributed by atoms with van der Waals surface area (Å²) in [6, 6.07) is 19.8. The SMILES string of the molecule is CSc1ccc(S(=O)(=O)N2CCC(C(=O)Nc3ccc(S(=O)(=O)Nc4ccc(C)cc4)cc3)CC2)cc1. The molecule has 1 saturated heterocycles. The molecule has 3 aromatic rings. The van der Waals surface area contributed by atoms with Gasteiger partial charge in [-0.1, -0.05) is 17.7 Å². The summed E-state index contributed by atoms with van der Waals surface area (Å²) < 4.78 is 55.2. The van der Waals surface area contributed by atoms with Crippen LogP contribution in [-0.2, 0) is 24.8 Å². The summed E-state index contributed by atoms with van der Waals surface area (Å²) in [6.45, 7) is 2.43. The number of carbonyl (C=O) groups is 1. The van der Waals surface area contributed by atoms with Gasteiger partial charge in [0.05, 0.1) is 9.79 Å². The molecule has 0 saturated carbocycles. The van der Waals surface area contributed by atoms with Gasteiger partial charge >= 0.3 is 0 Å². The Kier molecular flexibility index (Phi) is 8.27. The fourth-order valence-corrected chi connectivity index (χ4v) is 6.99. The summed E-state index contributed by atoms with van der Waals surface area (Å²) in [5.74, 6) is -0.549. The summed E-state index contributed by atoms with van der Waals surface area (Å²) in [6.07, 6.45) is 2.74. The Balaban J connectivity index is 1.33. The Morgan fingerprint density at radius 1 is 0.811 bits per heavy atom. The van der Waals surface area contributed by atoms with Crippen molar-refractivity contribution in [1.82, 2.24) is 4.31 Å². The summed E-state index contributed by atoms with van der Waals surface area (Å²) in [5, 5.41) is 2.82. The largest absolute Gasteiger partial charge is 0.326 e. The molecule has 1 heterocycles. The normalized spacial score (nSPS) is 15.3. The van der Waals surface area contributed by atoms with Crippen molar-refractivity contribution in [2.24, 2.45) is 5.92 Å². The molecule has 1 amide bonds. The van der Waals surface area contributed by atoms with Crippen LogP contribution < -0.4 is 10.0 Å². The third kappa shape index (κ3) is 6.53. The number of thioether (sulfide) groups is 1. The highest BCUT2D eigenvalue weighted by Gasteiger charge is 2.32. The maximum atomic E-state index is 13.0. The molecule has 37 heavy (non-hydrogen) atoms. The third-order valence-corrected chi connectivity index (χ3v) is 10.3. The maximum absolute atomic E-state index is 13.0. The van der Waals surface area contributed by atoms with Crippen molar-refractivity contribution in [2.75, 3.05) is 29.4 Å². The molecule has 8 nitrogen and oxygen atoms in total. The Hall–Kier alpha value is -2.86. The van der Waals surface area contributed by atoms with E-state index < -0.39 is 20.0 Å². The lowest BCUT2D eigenvalue weighted by Crippen LogP contribution is -2.41. The van der Waals surface area contributed by atoms with Crippen molar-refractivity contribution >= 4 is 49.1 Å². The lowest BCUT2D eigenvalue weighted by Gasteiger charge is -2.30. The van der Waals surface area contributed by atoms with E-state index in [1.54, 1.807) is 60.3 Å². The second-order valence-corrected chi connectivity index (χ2v) is 13.3. The Bertz CT molecular complexity index is 1450. The molecule has 1 fully saturated rings. The predicted molar refractivity (Wildman–Crippen MR) is 147 cm³/mol. The monoisotopic (exact) mass is 559 g/mol. The van der Waals surface area contributed by atoms with Crippen LogP contribution in [-0.4, -0.2) is 46.4 Å². The van der Waals surface area contributed by atoms with Crippen molar-refractivity contribution in [3.63, 3.8) is 0 Å². The highest BCUT2D eigenvalue weighted by molar-refractivity contribution is 7.98. The van der Waals surface area contributed by atoms with Crippen LogP contribution in [0, 0.1) is 12.8 Å². The highest BCUT2D eigenvalue weighted by atomic mass is 32.2. The lowest BCUT2D eigenvalue weighted by atomic mass is 9.97. The van der Waals surface area contributed by atoms with Gasteiger partial charge < -0.3 is 5.32 Å². The summed E-state index contributed by atoms with van der Waals surface area (Å²) in [7, 11) is -7.37. The fourth-order valence-electron chi connectivity index (χ4n) is 4.05. The van der Waals surface area contributed by atoms with Crippen molar-refractivity contribution < 1.29 is 21.6 Å². The van der Waals surface area contributed by atoms with E-state index in [4.69, 9.17) is 0 Å². The molecule has 196 valence electrons. The molecule has 0 aromatic heterocycles. The van der Waals surface area contributed by atoms with Crippen molar-refractivity contribution in [1.29, 1.82) is 0 Å². The molecule has 11 heteroatoms. The van der Waals surface area contributed by atoms with Crippen LogP contribution in [0.25, 0.3) is 0 Å². The summed E-state index contributed by atoms with van der Waals surface area (Å²) in [4.78, 5) is 14.1. The topological polar surface area (TPSA) is 113 Å². The predicted octanol–water partition coefficient (Wildman–Crippen LogP) is 4.56. The van der Waals surface area contributed by atoms with Gasteiger partial charge in [-0.15, -0.1) is 11.8 Å². The zero-order chi connectivity index (χ0) is 26.6. The second-order valence-electron chi connectivity index (χ2n) is 8.84. The van der Waals surface area contributed by atoms with Crippen molar-refractivity contribution in [3.8, 4) is 0 Å². The number of hydrogen-bond donors (Lipinski definition) is 2. The minimum absolute atomic E-state index is 0.0788. The number of nitrogens with one attached hydrogen (secondary N) is 2. The number of rotatable bonds is 8. The van der Waals surface area contributed by atoms with E-state index >= 15 is 0 Å². The zero-order valence-corrected chi connectivity index (χ0v) is 23.0. The smallest absolute Gasteiger partial charge is 0.261 e. The quantitative estimate of drug-likeness (QED) is 0.392. The number of aryl methyl sites for hydroxylation is 1. The van der Waals surface area contributed by atoms with E-state index in [1.807, 2.05) is 25.3 Å². The summed E-state index contributed by atoms with van der Waals surface area (Å²) in [5.41, 5.74) is 1.97. The average Bonchev–Trinajstić information content (AvgIpc) is 2.90. The first-order valence-electron chi connectivity index (χ1n) is 11.7. The van der Waals surface area contributed by atoms with E-state index in [-0.39, 0.29) is 34.7 Å². The number of piperidine rings is 1. The van der Waals surface area contributed by atoms with Gasteiger partial charge in [-0.2, -0.15) is 4.31 Å². The van der Waals surface area contributed by atoms with E-state index in [0.29, 0.717) is 24.2 Å². The fraction of sp³-hybridized carbons (Fsp3) is 0.269. The van der Waals surface area contributed by atoms with E-state index in [9.17, 15) is 21.6 Å². The van der Waals surface area contributed by atoms with E-state index in [0.717, 1.165) is 10.5 Å². The summed E-state index contributed by atoms with van der Waals surface area (Å²) >= 11 is 1.54. The van der Waals surface area contributed by atoms with Crippen LogP contribution in [0.2, 0.25) is 0 Å². The number of sulfonamides is 2. The van der Waals surface area contributed by atoms with Gasteiger partial charge in [-0.25, -0.2) is 16.8 Å². The molecular formula is C26H29N3O5S3. The van der Waals surface area contributed by atoms with Crippen LogP contribution >= 0.6 is 11.8 Å². The molecular weight excluding hydrogens is 531 g/mol. The number of benzene rings is 3. The average molecular weight is 560 g/mol. The van der Waals surface area contributed by atoms with Gasteiger partial charge in [0.1, 0.15) is 0 Å². The molecule has 0 bridgehead atoms. The molecule has 0 aliphatic carbocycles. The number of carbonyl (C=O) groups excluding carboxylic acids is 1. The van der Waals surface area contributed by atoms with Gasteiger partial charge in [-0.3, -0.25) is 9.52 Å². The molecule has 4 rings (SSSR count). The first-order valence-corrected chi connectivity index (χ1v) is 15.9. The minimum atomic E-state index is -3.77. The number of hydrogen-bond acceptors (Lipinski definition) is 6. The maximum Gasteiger partial charge on any atom is 0.261 e. The van der Waals surface area contributed by atoms with Crippen molar-refractivity contribution in [2.45, 2.75) is 34.5 Å². The highest BCUT2D eigenvalue weighted by Crippen LogP contribution is 2.27. The molecule has 0 unspecified atom stereocenters. The first-order chi connectivity index (χ1) is 17.6.